The van der Waals surface area contributed by atoms with Gasteiger partial charge < -0.3 is 5.11 Å². The summed E-state index contributed by atoms with van der Waals surface area (Å²) in [7, 11) is -3.31. The first-order valence-corrected chi connectivity index (χ1v) is 10.5. The molecule has 1 aromatic rings. The fraction of sp³-hybridized carbons (Fsp3) is 0.611. The van der Waals surface area contributed by atoms with Crippen molar-refractivity contribution in [3.05, 3.63) is 35.4 Å². The van der Waals surface area contributed by atoms with Gasteiger partial charge in [0.05, 0.1) is 12.3 Å². The molecule has 0 saturated heterocycles. The van der Waals surface area contributed by atoms with Gasteiger partial charge in [0.15, 0.2) is 0 Å². The molecular weight excluding hydrogens is 340 g/mol. The van der Waals surface area contributed by atoms with Gasteiger partial charge >= 0.3 is 5.97 Å². The van der Waals surface area contributed by atoms with E-state index in [-0.39, 0.29) is 30.3 Å². The number of nitrogens with zero attached hydrogens (tertiary/aromatic N) is 1. The summed E-state index contributed by atoms with van der Waals surface area (Å²) in [6.07, 6.45) is 3.02. The number of carbonyl (C=O) groups is 1. The van der Waals surface area contributed by atoms with Crippen LogP contribution in [0.1, 0.15) is 30.9 Å². The van der Waals surface area contributed by atoms with Gasteiger partial charge in [0.1, 0.15) is 0 Å². The summed E-state index contributed by atoms with van der Waals surface area (Å²) in [5.41, 5.74) is 2.53. The molecule has 0 aliphatic heterocycles. The Morgan fingerprint density at radius 1 is 1.24 bits per heavy atom. The first kappa shape index (κ1) is 18.4. The van der Waals surface area contributed by atoms with Crippen molar-refractivity contribution in [2.24, 2.45) is 5.92 Å². The number of benzene rings is 1. The molecule has 0 atom stereocenters. The van der Waals surface area contributed by atoms with Crippen molar-refractivity contribution >= 4 is 16.0 Å². The van der Waals surface area contributed by atoms with Crippen molar-refractivity contribution in [1.29, 1.82) is 0 Å². The van der Waals surface area contributed by atoms with Gasteiger partial charge in [-0.3, -0.25) is 9.69 Å². The van der Waals surface area contributed by atoms with Crippen LogP contribution in [-0.2, 0) is 27.7 Å². The summed E-state index contributed by atoms with van der Waals surface area (Å²) in [4.78, 5) is 12.7. The first-order valence-electron chi connectivity index (χ1n) is 8.89. The SMILES string of the molecule is CCN(CC(=O)O)C1CC(NS(=O)(=O)CC2Cc3ccccc3C2)C1. The lowest BCUT2D eigenvalue weighted by Crippen LogP contribution is -2.55. The molecule has 0 unspecified atom stereocenters. The number of carboxylic acids is 1. The average Bonchev–Trinajstić information content (AvgIpc) is 2.89. The number of rotatable bonds is 8. The minimum Gasteiger partial charge on any atom is -0.480 e. The highest BCUT2D eigenvalue weighted by Crippen LogP contribution is 2.29. The lowest BCUT2D eigenvalue weighted by atomic mass is 9.86. The molecule has 0 spiro atoms. The minimum atomic E-state index is -3.31. The highest BCUT2D eigenvalue weighted by Gasteiger charge is 2.37. The van der Waals surface area contributed by atoms with E-state index in [0.29, 0.717) is 19.4 Å². The molecule has 2 aliphatic rings. The van der Waals surface area contributed by atoms with Crippen LogP contribution in [0.4, 0.5) is 0 Å². The number of carboxylic acid groups (broad SMARTS) is 1. The van der Waals surface area contributed by atoms with Crippen LogP contribution in [0, 0.1) is 5.92 Å². The van der Waals surface area contributed by atoms with Crippen molar-refractivity contribution in [2.75, 3.05) is 18.8 Å². The third-order valence-electron chi connectivity index (χ3n) is 5.31. The minimum absolute atomic E-state index is 0.0149. The molecule has 7 heteroatoms. The molecule has 0 heterocycles. The summed E-state index contributed by atoms with van der Waals surface area (Å²) in [5, 5.41) is 8.92. The van der Waals surface area contributed by atoms with E-state index in [0.717, 1.165) is 12.8 Å². The molecule has 0 amide bonds. The number of hydrogen-bond donors (Lipinski definition) is 2. The van der Waals surface area contributed by atoms with Gasteiger partial charge in [-0.25, -0.2) is 13.1 Å². The number of likely N-dealkylation sites (N-methyl/N-ethyl adjacent to an activating group) is 1. The summed E-state index contributed by atoms with van der Waals surface area (Å²) in [6.45, 7) is 2.61. The van der Waals surface area contributed by atoms with Crippen LogP contribution < -0.4 is 4.72 Å². The fourth-order valence-corrected chi connectivity index (χ4v) is 5.69. The van der Waals surface area contributed by atoms with E-state index in [9.17, 15) is 13.2 Å². The van der Waals surface area contributed by atoms with Gasteiger partial charge in [-0.05, 0) is 49.3 Å². The maximum atomic E-state index is 12.4. The van der Waals surface area contributed by atoms with Crippen LogP contribution in [0.3, 0.4) is 0 Å². The topological polar surface area (TPSA) is 86.7 Å². The van der Waals surface area contributed by atoms with Gasteiger partial charge in [0.2, 0.25) is 10.0 Å². The molecular formula is C18H26N2O4S. The molecule has 0 bridgehead atoms. The van der Waals surface area contributed by atoms with E-state index in [4.69, 9.17) is 5.11 Å². The molecule has 2 aliphatic carbocycles. The number of nitrogens with one attached hydrogen (secondary N) is 1. The Morgan fingerprint density at radius 3 is 2.36 bits per heavy atom. The molecule has 138 valence electrons. The van der Waals surface area contributed by atoms with Crippen molar-refractivity contribution < 1.29 is 18.3 Å². The fourth-order valence-electron chi connectivity index (χ4n) is 4.04. The van der Waals surface area contributed by atoms with Gasteiger partial charge in [0, 0.05) is 12.1 Å². The monoisotopic (exact) mass is 366 g/mol. The van der Waals surface area contributed by atoms with Crippen molar-refractivity contribution in [1.82, 2.24) is 9.62 Å². The summed E-state index contributed by atoms with van der Waals surface area (Å²) in [6, 6.07) is 8.24. The Kier molecular flexibility index (Phi) is 5.46. The molecule has 0 radical (unpaired) electrons. The smallest absolute Gasteiger partial charge is 0.317 e. The van der Waals surface area contributed by atoms with Crippen LogP contribution in [-0.4, -0.2) is 55.3 Å². The third-order valence-corrected chi connectivity index (χ3v) is 6.91. The number of aliphatic carboxylic acids is 1. The maximum Gasteiger partial charge on any atom is 0.317 e. The summed E-state index contributed by atoms with van der Waals surface area (Å²) >= 11 is 0. The summed E-state index contributed by atoms with van der Waals surface area (Å²) < 4.78 is 27.7. The zero-order valence-corrected chi connectivity index (χ0v) is 15.3. The van der Waals surface area contributed by atoms with Gasteiger partial charge in [-0.15, -0.1) is 0 Å². The molecule has 1 fully saturated rings. The van der Waals surface area contributed by atoms with Gasteiger partial charge in [0.25, 0.3) is 0 Å². The summed E-state index contributed by atoms with van der Waals surface area (Å²) in [5.74, 6) is -0.535. The Balaban J connectivity index is 1.47. The van der Waals surface area contributed by atoms with Crippen LogP contribution in [0.15, 0.2) is 24.3 Å². The molecule has 25 heavy (non-hydrogen) atoms. The quantitative estimate of drug-likeness (QED) is 0.723. The van der Waals surface area contributed by atoms with E-state index in [1.165, 1.54) is 11.1 Å². The van der Waals surface area contributed by atoms with Crippen LogP contribution in [0.2, 0.25) is 0 Å². The van der Waals surface area contributed by atoms with E-state index in [1.54, 1.807) is 0 Å². The van der Waals surface area contributed by atoms with Crippen molar-refractivity contribution in [3.8, 4) is 0 Å². The molecule has 2 N–H and O–H groups in total. The number of fused-ring (bicyclic) bond motifs is 1. The van der Waals surface area contributed by atoms with Crippen LogP contribution in [0.5, 0.6) is 0 Å². The van der Waals surface area contributed by atoms with E-state index in [2.05, 4.69) is 16.9 Å². The predicted octanol–water partition coefficient (Wildman–Crippen LogP) is 1.26. The third kappa shape index (κ3) is 4.59. The predicted molar refractivity (Wildman–Crippen MR) is 96.0 cm³/mol. The van der Waals surface area contributed by atoms with E-state index in [1.807, 2.05) is 24.0 Å². The standard InChI is InChI=1S/C18H26N2O4S/c1-2-20(11-18(21)22)17-9-16(10-17)19-25(23,24)12-13-7-14-5-3-4-6-15(14)8-13/h3-6,13,16-17,19H,2,7-12H2,1H3,(H,21,22). The zero-order chi connectivity index (χ0) is 18.0. The van der Waals surface area contributed by atoms with Crippen LogP contribution >= 0.6 is 0 Å². The van der Waals surface area contributed by atoms with E-state index >= 15 is 0 Å². The molecule has 0 aromatic heterocycles. The van der Waals surface area contributed by atoms with Crippen molar-refractivity contribution in [3.63, 3.8) is 0 Å². The number of sulfonamides is 1. The average molecular weight is 366 g/mol. The Labute approximate surface area is 149 Å². The molecule has 6 nitrogen and oxygen atoms in total. The van der Waals surface area contributed by atoms with Gasteiger partial charge in [-0.1, -0.05) is 31.2 Å². The Morgan fingerprint density at radius 2 is 1.84 bits per heavy atom. The van der Waals surface area contributed by atoms with Crippen LogP contribution in [0.25, 0.3) is 0 Å². The molecule has 1 saturated carbocycles. The van der Waals surface area contributed by atoms with Crippen molar-refractivity contribution in [2.45, 2.75) is 44.7 Å². The highest BCUT2D eigenvalue weighted by molar-refractivity contribution is 7.89. The van der Waals surface area contributed by atoms with E-state index < -0.39 is 16.0 Å². The second kappa shape index (κ2) is 7.43. The van der Waals surface area contributed by atoms with Gasteiger partial charge in [-0.2, -0.15) is 0 Å². The Hall–Kier alpha value is -1.44. The largest absolute Gasteiger partial charge is 0.480 e. The highest BCUT2D eigenvalue weighted by atomic mass is 32.2. The molecule has 3 rings (SSSR count). The second-order valence-corrected chi connectivity index (χ2v) is 9.02. The lowest BCUT2D eigenvalue weighted by molar-refractivity contribution is -0.139. The first-order chi connectivity index (χ1) is 11.9. The Bertz CT molecular complexity index is 703. The lowest BCUT2D eigenvalue weighted by Gasteiger charge is -2.42. The maximum absolute atomic E-state index is 12.4. The normalized spacial score (nSPS) is 23.4. The molecule has 1 aromatic carbocycles. The number of hydrogen-bond acceptors (Lipinski definition) is 4. The zero-order valence-electron chi connectivity index (χ0n) is 14.5. The second-order valence-electron chi connectivity index (χ2n) is 7.22.